The summed E-state index contributed by atoms with van der Waals surface area (Å²) in [4.78, 5) is 21.5. The molecule has 7 heteroatoms. The molecule has 0 spiro atoms. The highest BCUT2D eigenvalue weighted by atomic mass is 16.6. The van der Waals surface area contributed by atoms with Gasteiger partial charge in [0, 0.05) is 11.8 Å². The molecule has 0 bridgehead atoms. The van der Waals surface area contributed by atoms with Crippen LogP contribution in [0, 0.1) is 30.9 Å². The van der Waals surface area contributed by atoms with Crippen LogP contribution < -0.4 is 0 Å². The molecule has 0 saturated carbocycles. The van der Waals surface area contributed by atoms with Crippen LogP contribution in [0.15, 0.2) is 18.2 Å². The molecule has 1 N–H and O–H groups in total. The van der Waals surface area contributed by atoms with Crippen molar-refractivity contribution in [2.24, 2.45) is 0 Å². The van der Waals surface area contributed by atoms with E-state index in [0.29, 0.717) is 16.9 Å². The normalized spacial score (nSPS) is 10.6. The summed E-state index contributed by atoms with van der Waals surface area (Å²) in [7, 11) is 0. The lowest BCUT2D eigenvalue weighted by atomic mass is 10.1. The van der Waals surface area contributed by atoms with E-state index in [0.717, 1.165) is 5.56 Å². The molecular formula is C13H13N3O4. The second kappa shape index (κ2) is 4.76. The van der Waals surface area contributed by atoms with Gasteiger partial charge in [-0.05, 0) is 32.4 Å². The molecule has 0 saturated heterocycles. The van der Waals surface area contributed by atoms with E-state index in [1.54, 1.807) is 26.8 Å². The average Bonchev–Trinajstić information content (AvgIpc) is 2.71. The molecule has 1 aromatic carbocycles. The number of carboxylic acid groups (broad SMARTS) is 1. The highest BCUT2D eigenvalue weighted by Crippen LogP contribution is 2.28. The zero-order valence-corrected chi connectivity index (χ0v) is 11.2. The van der Waals surface area contributed by atoms with Gasteiger partial charge in [0.25, 0.3) is 5.69 Å². The van der Waals surface area contributed by atoms with Crippen molar-refractivity contribution in [3.63, 3.8) is 0 Å². The van der Waals surface area contributed by atoms with Gasteiger partial charge < -0.3 is 5.11 Å². The Balaban J connectivity index is 2.72. The summed E-state index contributed by atoms with van der Waals surface area (Å²) in [5.74, 6) is -1.13. The summed E-state index contributed by atoms with van der Waals surface area (Å²) in [6.45, 7) is 5.13. The van der Waals surface area contributed by atoms with Crippen LogP contribution in [0.25, 0.3) is 5.69 Å². The molecule has 7 nitrogen and oxygen atoms in total. The first-order valence-corrected chi connectivity index (χ1v) is 5.88. The minimum Gasteiger partial charge on any atom is -0.476 e. The Labute approximate surface area is 114 Å². The number of carbonyl (C=O) groups is 1. The molecule has 0 amide bonds. The number of benzene rings is 1. The van der Waals surface area contributed by atoms with Gasteiger partial charge in [0.15, 0.2) is 5.69 Å². The number of nitrogens with zero attached hydrogens (tertiary/aromatic N) is 3. The first-order valence-electron chi connectivity index (χ1n) is 5.88. The quantitative estimate of drug-likeness (QED) is 0.685. The maximum atomic E-state index is 11.0. The minimum absolute atomic E-state index is 0.0163. The molecule has 2 aromatic rings. The zero-order valence-electron chi connectivity index (χ0n) is 11.2. The summed E-state index contributed by atoms with van der Waals surface area (Å²) >= 11 is 0. The van der Waals surface area contributed by atoms with Gasteiger partial charge in [-0.25, -0.2) is 9.48 Å². The van der Waals surface area contributed by atoms with Gasteiger partial charge in [0.05, 0.1) is 16.2 Å². The van der Waals surface area contributed by atoms with E-state index in [1.165, 1.54) is 16.8 Å². The molecule has 20 heavy (non-hydrogen) atoms. The number of aryl methyl sites for hydroxylation is 2. The van der Waals surface area contributed by atoms with E-state index < -0.39 is 10.9 Å². The summed E-state index contributed by atoms with van der Waals surface area (Å²) in [6, 6.07) is 4.49. The monoisotopic (exact) mass is 275 g/mol. The van der Waals surface area contributed by atoms with Crippen LogP contribution >= 0.6 is 0 Å². The molecule has 0 unspecified atom stereocenters. The van der Waals surface area contributed by atoms with Crippen LogP contribution in [0.3, 0.4) is 0 Å². The number of hydrogen-bond donors (Lipinski definition) is 1. The number of nitro groups is 1. The third kappa shape index (κ3) is 2.13. The van der Waals surface area contributed by atoms with E-state index in [1.807, 2.05) is 0 Å². The van der Waals surface area contributed by atoms with Gasteiger partial charge in [-0.3, -0.25) is 10.1 Å². The fourth-order valence-corrected chi connectivity index (χ4v) is 2.15. The number of carboxylic acids is 1. The third-order valence-corrected chi connectivity index (χ3v) is 3.12. The second-order valence-electron chi connectivity index (χ2n) is 4.52. The van der Waals surface area contributed by atoms with Crippen molar-refractivity contribution in [2.45, 2.75) is 20.8 Å². The van der Waals surface area contributed by atoms with Crippen LogP contribution in [-0.4, -0.2) is 25.8 Å². The molecule has 0 fully saturated rings. The van der Waals surface area contributed by atoms with E-state index in [-0.39, 0.29) is 11.4 Å². The largest absolute Gasteiger partial charge is 0.476 e. The Bertz CT molecular complexity index is 719. The zero-order chi connectivity index (χ0) is 15.0. The lowest BCUT2D eigenvalue weighted by molar-refractivity contribution is -0.385. The Morgan fingerprint density at radius 1 is 1.35 bits per heavy atom. The van der Waals surface area contributed by atoms with E-state index in [2.05, 4.69) is 5.10 Å². The van der Waals surface area contributed by atoms with Crippen LogP contribution in [0.1, 0.15) is 27.3 Å². The molecule has 1 heterocycles. The lowest BCUT2D eigenvalue weighted by Crippen LogP contribution is -2.07. The predicted octanol–water partition coefficient (Wildman–Crippen LogP) is 2.40. The Morgan fingerprint density at radius 3 is 2.50 bits per heavy atom. The fourth-order valence-electron chi connectivity index (χ4n) is 2.15. The summed E-state index contributed by atoms with van der Waals surface area (Å²) in [5.41, 5.74) is 2.29. The summed E-state index contributed by atoms with van der Waals surface area (Å²) < 4.78 is 1.43. The maximum absolute atomic E-state index is 11.0. The first kappa shape index (κ1) is 13.7. The standard InChI is InChI=1S/C13H13N3O4/c1-7-4-5-11(16(19)20)9(3)12(7)15-8(2)6-10(14-15)13(17)18/h4-6H,1-3H3,(H,17,18). The Hall–Kier alpha value is -2.70. The van der Waals surface area contributed by atoms with Crippen molar-refractivity contribution in [3.05, 3.63) is 50.8 Å². The number of aromatic carboxylic acids is 1. The van der Waals surface area contributed by atoms with Gasteiger partial charge in [0.2, 0.25) is 0 Å². The third-order valence-electron chi connectivity index (χ3n) is 3.12. The van der Waals surface area contributed by atoms with Crippen molar-refractivity contribution in [3.8, 4) is 5.69 Å². The van der Waals surface area contributed by atoms with Gasteiger partial charge in [-0.15, -0.1) is 0 Å². The number of aromatic nitrogens is 2. The molecule has 0 radical (unpaired) electrons. The molecule has 0 atom stereocenters. The van der Waals surface area contributed by atoms with Gasteiger partial charge in [-0.1, -0.05) is 6.07 Å². The molecule has 104 valence electrons. The topological polar surface area (TPSA) is 98.3 Å². The lowest BCUT2D eigenvalue weighted by Gasteiger charge is -2.11. The van der Waals surface area contributed by atoms with Crippen molar-refractivity contribution in [1.82, 2.24) is 9.78 Å². The molecule has 0 aliphatic carbocycles. The van der Waals surface area contributed by atoms with Crippen molar-refractivity contribution < 1.29 is 14.8 Å². The van der Waals surface area contributed by atoms with Gasteiger partial charge in [0.1, 0.15) is 0 Å². The minimum atomic E-state index is -1.13. The molecule has 0 aliphatic heterocycles. The summed E-state index contributed by atoms with van der Waals surface area (Å²) in [5, 5.41) is 24.0. The molecule has 2 rings (SSSR count). The van der Waals surface area contributed by atoms with Crippen molar-refractivity contribution in [1.29, 1.82) is 0 Å². The molecule has 0 aliphatic rings. The van der Waals surface area contributed by atoms with E-state index in [9.17, 15) is 14.9 Å². The van der Waals surface area contributed by atoms with Gasteiger partial charge >= 0.3 is 5.97 Å². The number of nitro benzene ring substituents is 1. The van der Waals surface area contributed by atoms with Crippen LogP contribution in [-0.2, 0) is 0 Å². The Kier molecular flexibility index (Phi) is 3.27. The first-order chi connectivity index (χ1) is 9.32. The number of hydrogen-bond acceptors (Lipinski definition) is 4. The fraction of sp³-hybridized carbons (Fsp3) is 0.231. The van der Waals surface area contributed by atoms with Gasteiger partial charge in [-0.2, -0.15) is 5.10 Å². The predicted molar refractivity (Wildman–Crippen MR) is 71.4 cm³/mol. The van der Waals surface area contributed by atoms with Crippen LogP contribution in [0.2, 0.25) is 0 Å². The SMILES string of the molecule is Cc1ccc([N+](=O)[O-])c(C)c1-n1nc(C(=O)O)cc1C. The molecular weight excluding hydrogens is 262 g/mol. The Morgan fingerprint density at radius 2 is 2.00 bits per heavy atom. The van der Waals surface area contributed by atoms with Crippen LogP contribution in [0.5, 0.6) is 0 Å². The molecule has 1 aromatic heterocycles. The second-order valence-corrected chi connectivity index (χ2v) is 4.52. The highest BCUT2D eigenvalue weighted by molar-refractivity contribution is 5.85. The van der Waals surface area contributed by atoms with Crippen molar-refractivity contribution >= 4 is 11.7 Å². The smallest absolute Gasteiger partial charge is 0.356 e. The van der Waals surface area contributed by atoms with E-state index in [4.69, 9.17) is 5.11 Å². The average molecular weight is 275 g/mol. The van der Waals surface area contributed by atoms with Crippen LogP contribution in [0.4, 0.5) is 5.69 Å². The van der Waals surface area contributed by atoms with E-state index >= 15 is 0 Å². The summed E-state index contributed by atoms with van der Waals surface area (Å²) in [6.07, 6.45) is 0. The highest BCUT2D eigenvalue weighted by Gasteiger charge is 2.20. The van der Waals surface area contributed by atoms with Crippen molar-refractivity contribution in [2.75, 3.05) is 0 Å². The number of rotatable bonds is 3. The maximum Gasteiger partial charge on any atom is 0.356 e.